The molecule has 1 aliphatic rings. The quantitative estimate of drug-likeness (QED) is 0.798. The van der Waals surface area contributed by atoms with Crippen molar-refractivity contribution < 1.29 is 4.79 Å². The van der Waals surface area contributed by atoms with Crippen LogP contribution in [0.5, 0.6) is 0 Å². The molecule has 0 N–H and O–H groups in total. The van der Waals surface area contributed by atoms with Crippen LogP contribution in [0.2, 0.25) is 0 Å². The van der Waals surface area contributed by atoms with Crippen molar-refractivity contribution in [2.75, 3.05) is 0 Å². The topological polar surface area (TPSA) is 34.9 Å². The fourth-order valence-corrected chi connectivity index (χ4v) is 3.24. The zero-order valence-corrected chi connectivity index (χ0v) is 12.1. The fraction of sp³-hybridized carbons (Fsp3) is 0.333. The third kappa shape index (κ3) is 2.37. The van der Waals surface area contributed by atoms with Crippen molar-refractivity contribution in [1.29, 1.82) is 0 Å². The van der Waals surface area contributed by atoms with Gasteiger partial charge >= 0.3 is 0 Å². The monoisotopic (exact) mass is 318 g/mol. The van der Waals surface area contributed by atoms with Crippen LogP contribution < -0.4 is 0 Å². The Morgan fingerprint density at radius 3 is 2.68 bits per heavy atom. The molecule has 0 atom stereocenters. The predicted molar refractivity (Wildman–Crippen MR) is 77.9 cm³/mol. The van der Waals surface area contributed by atoms with E-state index in [0.29, 0.717) is 5.92 Å². The average Bonchev–Trinajstić information content (AvgIpc) is 3.08. The van der Waals surface area contributed by atoms with Gasteiger partial charge in [-0.3, -0.25) is 4.79 Å². The standard InChI is InChI=1S/C15H15BrN2O/c16-13-7-3-4-8-14(13)18-9-12(10-19)15(17-18)11-5-1-2-6-11/h3-4,7-11H,1-2,5-6H2. The summed E-state index contributed by atoms with van der Waals surface area (Å²) in [5.41, 5.74) is 2.65. The number of carbonyl (C=O) groups is 1. The van der Waals surface area contributed by atoms with Gasteiger partial charge in [-0.1, -0.05) is 25.0 Å². The van der Waals surface area contributed by atoms with Crippen molar-refractivity contribution in [3.8, 4) is 5.69 Å². The molecule has 1 saturated carbocycles. The number of rotatable bonds is 3. The molecule has 0 bridgehead atoms. The Bertz CT molecular complexity index is 600. The smallest absolute Gasteiger partial charge is 0.153 e. The van der Waals surface area contributed by atoms with Crippen molar-refractivity contribution in [3.63, 3.8) is 0 Å². The summed E-state index contributed by atoms with van der Waals surface area (Å²) in [5.74, 6) is 0.448. The van der Waals surface area contributed by atoms with E-state index in [0.717, 1.165) is 40.5 Å². The summed E-state index contributed by atoms with van der Waals surface area (Å²) in [5, 5.41) is 4.65. The second kappa shape index (κ2) is 5.29. The number of hydrogen-bond acceptors (Lipinski definition) is 2. The second-order valence-electron chi connectivity index (χ2n) is 4.96. The molecule has 4 heteroatoms. The van der Waals surface area contributed by atoms with E-state index in [1.807, 2.05) is 35.1 Å². The summed E-state index contributed by atoms with van der Waals surface area (Å²) < 4.78 is 2.79. The molecule has 98 valence electrons. The third-order valence-electron chi connectivity index (χ3n) is 3.74. The van der Waals surface area contributed by atoms with Gasteiger partial charge in [-0.15, -0.1) is 0 Å². The predicted octanol–water partition coefficient (Wildman–Crippen LogP) is 4.10. The highest BCUT2D eigenvalue weighted by Crippen LogP contribution is 2.35. The largest absolute Gasteiger partial charge is 0.298 e. The lowest BCUT2D eigenvalue weighted by atomic mass is 10.0. The summed E-state index contributed by atoms with van der Waals surface area (Å²) in [6.45, 7) is 0. The molecule has 2 aromatic rings. The molecule has 1 aromatic heterocycles. The molecule has 3 nitrogen and oxygen atoms in total. The molecule has 19 heavy (non-hydrogen) atoms. The van der Waals surface area contributed by atoms with E-state index < -0.39 is 0 Å². The number of benzene rings is 1. The van der Waals surface area contributed by atoms with Gasteiger partial charge in [0.05, 0.1) is 16.9 Å². The van der Waals surface area contributed by atoms with Gasteiger partial charge in [0.25, 0.3) is 0 Å². The van der Waals surface area contributed by atoms with Crippen LogP contribution in [0.25, 0.3) is 5.69 Å². The van der Waals surface area contributed by atoms with Crippen LogP contribution in [0.4, 0.5) is 0 Å². The average molecular weight is 319 g/mol. The molecule has 0 aliphatic heterocycles. The lowest BCUT2D eigenvalue weighted by molar-refractivity contribution is 0.112. The lowest BCUT2D eigenvalue weighted by Crippen LogP contribution is -2.00. The Morgan fingerprint density at radius 2 is 2.00 bits per heavy atom. The van der Waals surface area contributed by atoms with Crippen LogP contribution in [0, 0.1) is 0 Å². The lowest BCUT2D eigenvalue weighted by Gasteiger charge is -2.06. The van der Waals surface area contributed by atoms with E-state index in [1.54, 1.807) is 0 Å². The number of carbonyl (C=O) groups excluding carboxylic acids is 1. The van der Waals surface area contributed by atoms with Crippen LogP contribution >= 0.6 is 15.9 Å². The van der Waals surface area contributed by atoms with Crippen molar-refractivity contribution in [1.82, 2.24) is 9.78 Å². The van der Waals surface area contributed by atoms with Crippen LogP contribution in [0.1, 0.15) is 47.7 Å². The molecule has 1 heterocycles. The number of para-hydroxylation sites is 1. The summed E-state index contributed by atoms with van der Waals surface area (Å²) in [6.07, 6.45) is 7.53. The molecule has 3 rings (SSSR count). The normalized spacial score (nSPS) is 15.8. The maximum Gasteiger partial charge on any atom is 0.153 e. The van der Waals surface area contributed by atoms with Gasteiger partial charge in [0.2, 0.25) is 0 Å². The van der Waals surface area contributed by atoms with Crippen molar-refractivity contribution >= 4 is 22.2 Å². The summed E-state index contributed by atoms with van der Waals surface area (Å²) in [7, 11) is 0. The molecule has 0 radical (unpaired) electrons. The molecular weight excluding hydrogens is 304 g/mol. The molecule has 1 aliphatic carbocycles. The van der Waals surface area contributed by atoms with Crippen molar-refractivity contribution in [2.24, 2.45) is 0 Å². The van der Waals surface area contributed by atoms with Gasteiger partial charge in [-0.05, 0) is 40.9 Å². The highest BCUT2D eigenvalue weighted by atomic mass is 79.9. The molecule has 0 spiro atoms. The van der Waals surface area contributed by atoms with Gasteiger partial charge < -0.3 is 0 Å². The zero-order valence-electron chi connectivity index (χ0n) is 10.6. The highest BCUT2D eigenvalue weighted by Gasteiger charge is 2.23. The zero-order chi connectivity index (χ0) is 13.2. The van der Waals surface area contributed by atoms with Crippen molar-refractivity contribution in [3.05, 3.63) is 46.2 Å². The number of hydrogen-bond donors (Lipinski definition) is 0. The van der Waals surface area contributed by atoms with Gasteiger partial charge in [0, 0.05) is 16.6 Å². The summed E-state index contributed by atoms with van der Waals surface area (Å²) >= 11 is 3.52. The first kappa shape index (κ1) is 12.6. The first-order valence-electron chi connectivity index (χ1n) is 6.59. The van der Waals surface area contributed by atoms with Crippen LogP contribution in [0.3, 0.4) is 0 Å². The molecular formula is C15H15BrN2O. The Kier molecular flexibility index (Phi) is 3.51. The van der Waals surface area contributed by atoms with Crippen LogP contribution in [0.15, 0.2) is 34.9 Å². The van der Waals surface area contributed by atoms with Crippen LogP contribution in [-0.2, 0) is 0 Å². The molecule has 0 amide bonds. The van der Waals surface area contributed by atoms with Crippen LogP contribution in [-0.4, -0.2) is 16.1 Å². The highest BCUT2D eigenvalue weighted by molar-refractivity contribution is 9.10. The van der Waals surface area contributed by atoms with Gasteiger partial charge in [-0.2, -0.15) is 5.10 Å². The second-order valence-corrected chi connectivity index (χ2v) is 5.82. The maximum atomic E-state index is 11.2. The molecule has 1 fully saturated rings. The summed E-state index contributed by atoms with van der Waals surface area (Å²) in [4.78, 5) is 11.2. The first-order valence-corrected chi connectivity index (χ1v) is 7.38. The Hall–Kier alpha value is -1.42. The Labute approximate surface area is 120 Å². The van der Waals surface area contributed by atoms with Gasteiger partial charge in [0.1, 0.15) is 0 Å². The third-order valence-corrected chi connectivity index (χ3v) is 4.41. The Balaban J connectivity index is 2.04. The van der Waals surface area contributed by atoms with Crippen molar-refractivity contribution in [2.45, 2.75) is 31.6 Å². The van der Waals surface area contributed by atoms with Gasteiger partial charge in [-0.25, -0.2) is 4.68 Å². The molecule has 0 saturated heterocycles. The minimum atomic E-state index is 0.448. The molecule has 1 aromatic carbocycles. The van der Waals surface area contributed by atoms with E-state index in [1.165, 1.54) is 12.8 Å². The van der Waals surface area contributed by atoms with E-state index in [4.69, 9.17) is 0 Å². The maximum absolute atomic E-state index is 11.2. The van der Waals surface area contributed by atoms with E-state index >= 15 is 0 Å². The van der Waals surface area contributed by atoms with E-state index in [-0.39, 0.29) is 0 Å². The van der Waals surface area contributed by atoms with Gasteiger partial charge in [0.15, 0.2) is 6.29 Å². The summed E-state index contributed by atoms with van der Waals surface area (Å²) in [6, 6.07) is 7.91. The fourth-order valence-electron chi connectivity index (χ4n) is 2.77. The Morgan fingerprint density at radius 1 is 1.26 bits per heavy atom. The SMILES string of the molecule is O=Cc1cn(-c2ccccc2Br)nc1C1CCCC1. The first-order chi connectivity index (χ1) is 9.29. The number of aromatic nitrogens is 2. The van der Waals surface area contributed by atoms with E-state index in [9.17, 15) is 4.79 Å². The minimum absolute atomic E-state index is 0.448. The molecule has 0 unspecified atom stereocenters. The number of nitrogens with zero attached hydrogens (tertiary/aromatic N) is 2. The van der Waals surface area contributed by atoms with E-state index in [2.05, 4.69) is 21.0 Å². The minimum Gasteiger partial charge on any atom is -0.298 e. The number of halogens is 1. The number of aldehydes is 1.